The van der Waals surface area contributed by atoms with E-state index in [1.165, 1.54) is 7.11 Å². The lowest BCUT2D eigenvalue weighted by molar-refractivity contribution is -0.119. The molecule has 186 valence electrons. The molecule has 3 heterocycles. The zero-order chi connectivity index (χ0) is 25.9. The van der Waals surface area contributed by atoms with E-state index in [0.717, 1.165) is 12.1 Å². The summed E-state index contributed by atoms with van der Waals surface area (Å²) in [4.78, 5) is 19.8. The van der Waals surface area contributed by atoms with Crippen LogP contribution in [0.15, 0.2) is 59.0 Å². The molecule has 1 fully saturated rings. The van der Waals surface area contributed by atoms with Gasteiger partial charge in [0.15, 0.2) is 0 Å². The van der Waals surface area contributed by atoms with Gasteiger partial charge in [0, 0.05) is 41.8 Å². The first kappa shape index (κ1) is 23.7. The molecule has 0 saturated carbocycles. The van der Waals surface area contributed by atoms with Crippen molar-refractivity contribution in [1.29, 1.82) is 0 Å². The number of nitrogens with one attached hydrogen (secondary N) is 2. The fourth-order valence-electron chi connectivity index (χ4n) is 3.93. The summed E-state index contributed by atoms with van der Waals surface area (Å²) in [6, 6.07) is 12.6. The third-order valence-corrected chi connectivity index (χ3v) is 5.69. The van der Waals surface area contributed by atoms with Crippen molar-refractivity contribution in [3.8, 4) is 28.8 Å². The summed E-state index contributed by atoms with van der Waals surface area (Å²) >= 11 is 0. The number of carbonyl (C=O) groups excluding carboxylic acids is 1. The molecule has 2 N–H and O–H groups in total. The van der Waals surface area contributed by atoms with Crippen molar-refractivity contribution in [2.45, 2.75) is 12.0 Å². The number of nitrogens with zero attached hydrogens (tertiary/aromatic N) is 4. The van der Waals surface area contributed by atoms with Crippen molar-refractivity contribution < 1.29 is 27.5 Å². The normalized spacial score (nSPS) is 16.6. The number of carbonyl (C=O) groups is 1. The molecule has 4 aromatic rings. The number of amides is 1. The van der Waals surface area contributed by atoms with Gasteiger partial charge in [-0.15, -0.1) is 5.10 Å². The van der Waals surface area contributed by atoms with Crippen molar-refractivity contribution in [1.82, 2.24) is 20.5 Å². The molecule has 0 aliphatic carbocycles. The summed E-state index contributed by atoms with van der Waals surface area (Å²) in [5.41, 5.74) is 0.318. The number of pyridine rings is 1. The van der Waals surface area contributed by atoms with Gasteiger partial charge in [-0.1, -0.05) is 22.7 Å². The minimum Gasteiger partial charge on any atom is -0.497 e. The summed E-state index contributed by atoms with van der Waals surface area (Å²) < 4.78 is 45.5. The Kier molecular flexibility index (Phi) is 6.34. The molecule has 2 aromatic heterocycles. The summed E-state index contributed by atoms with van der Waals surface area (Å²) in [6.07, 6.45) is 0. The van der Waals surface area contributed by atoms with Gasteiger partial charge in [-0.05, 0) is 30.3 Å². The first-order valence-electron chi connectivity index (χ1n) is 11.0. The van der Waals surface area contributed by atoms with E-state index in [4.69, 9.17) is 20.5 Å². The largest absolute Gasteiger partial charge is 0.497 e. The molecule has 0 unspecified atom stereocenters. The number of hydrogen-bond acceptors (Lipinski definition) is 8. The van der Waals surface area contributed by atoms with Crippen molar-refractivity contribution in [2.24, 2.45) is 0 Å². The number of ether oxygens (including phenoxy) is 2. The van der Waals surface area contributed by atoms with E-state index in [1.807, 2.05) is 0 Å². The summed E-state index contributed by atoms with van der Waals surface area (Å²) in [7, 11) is 1.30. The van der Waals surface area contributed by atoms with Crippen LogP contribution in [0.25, 0.3) is 16.3 Å². The lowest BCUT2D eigenvalue weighted by Gasteiger charge is -2.19. The van der Waals surface area contributed by atoms with Crippen molar-refractivity contribution >= 4 is 17.7 Å². The van der Waals surface area contributed by atoms with Gasteiger partial charge in [0.2, 0.25) is 11.8 Å². The zero-order valence-electron chi connectivity index (χ0n) is 19.2. The van der Waals surface area contributed by atoms with E-state index in [0.29, 0.717) is 11.3 Å². The van der Waals surface area contributed by atoms with E-state index in [-0.39, 0.29) is 41.5 Å². The predicted molar refractivity (Wildman–Crippen MR) is 126 cm³/mol. The van der Waals surface area contributed by atoms with E-state index in [9.17, 15) is 13.6 Å². The Morgan fingerprint density at radius 3 is 2.57 bits per heavy atom. The summed E-state index contributed by atoms with van der Waals surface area (Å²) in [5, 5.41) is 13.3. The molecule has 2 aromatic carbocycles. The molecule has 1 aliphatic rings. The molecule has 0 radical (unpaired) electrons. The van der Waals surface area contributed by atoms with Crippen molar-refractivity contribution in [2.75, 3.05) is 19.0 Å². The van der Waals surface area contributed by atoms with E-state index >= 15 is 0 Å². The predicted octanol–water partition coefficient (Wildman–Crippen LogP) is 4.46. The van der Waals surface area contributed by atoms with Crippen LogP contribution in [0.4, 0.5) is 20.6 Å². The molecule has 5 rings (SSSR count). The quantitative estimate of drug-likeness (QED) is 0.355. The molecular formula is C25H18F2N6O4. The van der Waals surface area contributed by atoms with Gasteiger partial charge in [0.1, 0.15) is 29.2 Å². The van der Waals surface area contributed by atoms with Crippen molar-refractivity contribution in [3.05, 3.63) is 83.2 Å². The minimum atomic E-state index is -1.04. The van der Waals surface area contributed by atoms with Gasteiger partial charge in [-0.2, -0.15) is 0 Å². The summed E-state index contributed by atoms with van der Waals surface area (Å²) in [5.74, 6) is -1.81. The molecule has 37 heavy (non-hydrogen) atoms. The fraction of sp³-hybridized carbons (Fsp3) is 0.160. The topological polar surface area (TPSA) is 116 Å². The minimum absolute atomic E-state index is 0.0206. The van der Waals surface area contributed by atoms with Crippen LogP contribution in [0.3, 0.4) is 0 Å². The number of rotatable bonds is 7. The molecule has 10 nitrogen and oxygen atoms in total. The van der Waals surface area contributed by atoms with E-state index in [1.54, 1.807) is 42.5 Å². The number of halogens is 2. The smallest absolute Gasteiger partial charge is 0.316 e. The Labute approximate surface area is 209 Å². The average molecular weight is 504 g/mol. The fourth-order valence-corrected chi connectivity index (χ4v) is 3.93. The maximum Gasteiger partial charge on any atom is 0.316 e. The van der Waals surface area contributed by atoms with Gasteiger partial charge in [-0.3, -0.25) is 4.79 Å². The van der Waals surface area contributed by atoms with Gasteiger partial charge < -0.3 is 29.4 Å². The van der Waals surface area contributed by atoms with Crippen LogP contribution in [-0.4, -0.2) is 40.8 Å². The molecular weight excluding hydrogens is 486 g/mol. The second-order valence-corrected chi connectivity index (χ2v) is 7.96. The van der Waals surface area contributed by atoms with E-state index < -0.39 is 29.5 Å². The highest BCUT2D eigenvalue weighted by atomic mass is 19.1. The second-order valence-electron chi connectivity index (χ2n) is 7.96. The van der Waals surface area contributed by atoms with Crippen molar-refractivity contribution in [3.63, 3.8) is 0 Å². The van der Waals surface area contributed by atoms with Crippen LogP contribution < -0.4 is 20.1 Å². The van der Waals surface area contributed by atoms with Crippen LogP contribution >= 0.6 is 0 Å². The summed E-state index contributed by atoms with van der Waals surface area (Å²) in [6.45, 7) is 7.05. The van der Waals surface area contributed by atoms with Gasteiger partial charge in [0.25, 0.3) is 5.82 Å². The molecule has 0 spiro atoms. The third kappa shape index (κ3) is 4.87. The Balaban J connectivity index is 1.31. The first-order valence-corrected chi connectivity index (χ1v) is 11.0. The molecule has 1 amide bonds. The third-order valence-electron chi connectivity index (χ3n) is 5.69. The van der Waals surface area contributed by atoms with Crippen LogP contribution in [-0.2, 0) is 4.79 Å². The SMILES string of the molecule is [C-]#[N+]c1cccc(Oc2ccc(-c3nnc(N[C@@H]4C(=O)NC[C@H]4c4c(F)cc(OC)cc4F)o3)cc2)n1. The van der Waals surface area contributed by atoms with Gasteiger partial charge in [0.05, 0.1) is 7.11 Å². The lowest BCUT2D eigenvalue weighted by atomic mass is 9.93. The van der Waals surface area contributed by atoms with E-state index in [2.05, 4.69) is 30.7 Å². The molecule has 1 aliphatic heterocycles. The number of hydrogen-bond donors (Lipinski definition) is 2. The highest BCUT2D eigenvalue weighted by molar-refractivity contribution is 5.88. The number of methoxy groups -OCH3 is 1. The van der Waals surface area contributed by atoms with Crippen LogP contribution in [0.2, 0.25) is 0 Å². The number of aromatic nitrogens is 3. The molecule has 0 bridgehead atoms. The Morgan fingerprint density at radius 2 is 1.86 bits per heavy atom. The Hall–Kier alpha value is -5.05. The molecule has 2 atom stereocenters. The monoisotopic (exact) mass is 504 g/mol. The molecule has 1 saturated heterocycles. The second kappa shape index (κ2) is 9.90. The Bertz CT molecular complexity index is 1480. The van der Waals surface area contributed by atoms with Crippen LogP contribution in [0.1, 0.15) is 11.5 Å². The number of anilines is 1. The van der Waals surface area contributed by atoms with Crippen LogP contribution in [0.5, 0.6) is 17.4 Å². The number of benzene rings is 2. The molecule has 12 heteroatoms. The van der Waals surface area contributed by atoms with Gasteiger partial charge >= 0.3 is 11.9 Å². The van der Waals surface area contributed by atoms with Crippen LogP contribution in [0, 0.1) is 18.2 Å². The highest BCUT2D eigenvalue weighted by Crippen LogP contribution is 2.33. The highest BCUT2D eigenvalue weighted by Gasteiger charge is 2.40. The average Bonchev–Trinajstić information content (AvgIpc) is 3.51. The van der Waals surface area contributed by atoms with Gasteiger partial charge in [-0.25, -0.2) is 8.78 Å². The Morgan fingerprint density at radius 1 is 1.11 bits per heavy atom. The zero-order valence-corrected chi connectivity index (χ0v) is 19.2. The standard InChI is InChI=1S/C25H18F2N6O4/c1-28-19-4-3-5-20(30-19)36-14-8-6-13(7-9-14)24-32-33-25(37-24)31-22-16(12-29-23(22)34)21-17(26)10-15(35-2)11-18(21)27/h3-11,16,22H,12H2,2H3,(H,29,34)(H,31,33)/t16-,22-/m0/s1. The maximum absolute atomic E-state index is 14.7. The first-order chi connectivity index (χ1) is 17.9. The lowest BCUT2D eigenvalue weighted by Crippen LogP contribution is -2.33. The maximum atomic E-state index is 14.7.